The predicted octanol–water partition coefficient (Wildman–Crippen LogP) is 2.87. The van der Waals surface area contributed by atoms with E-state index in [0.29, 0.717) is 6.42 Å². The van der Waals surface area contributed by atoms with Gasteiger partial charge in [0.15, 0.2) is 4.83 Å². The molecule has 1 fully saturated rings. The number of rotatable bonds is 0. The van der Waals surface area contributed by atoms with Crippen molar-refractivity contribution in [2.45, 2.75) is 11.3 Å². The summed E-state index contributed by atoms with van der Waals surface area (Å²) < 4.78 is 12.7. The lowest BCUT2D eigenvalue weighted by Crippen LogP contribution is -2.10. The summed E-state index contributed by atoms with van der Waals surface area (Å²) in [6.45, 7) is 0. The van der Waals surface area contributed by atoms with Crippen molar-refractivity contribution in [1.82, 2.24) is 5.32 Å². The van der Waals surface area contributed by atoms with E-state index in [1.54, 1.807) is 6.08 Å². The first-order valence-electron chi connectivity index (χ1n) is 3.60. The normalized spacial score (nSPS) is 27.8. The van der Waals surface area contributed by atoms with Crippen LogP contribution in [0, 0.1) is 0 Å². The number of halogens is 2. The van der Waals surface area contributed by atoms with Gasteiger partial charge < -0.3 is 5.32 Å². The Morgan fingerprint density at radius 3 is 3.25 bits per heavy atom. The van der Waals surface area contributed by atoms with E-state index in [2.05, 4.69) is 5.32 Å². The van der Waals surface area contributed by atoms with E-state index in [9.17, 15) is 4.39 Å². The van der Waals surface area contributed by atoms with Crippen molar-refractivity contribution < 1.29 is 4.39 Å². The van der Waals surface area contributed by atoms with E-state index in [4.69, 9.17) is 11.6 Å². The molecule has 1 atom stereocenters. The fourth-order valence-corrected chi connectivity index (χ4v) is 2.37. The number of hydrogen-bond acceptors (Lipinski definition) is 2. The van der Waals surface area contributed by atoms with Crippen molar-refractivity contribution in [3.05, 3.63) is 34.7 Å². The smallest absolute Gasteiger partial charge is 0.153 e. The molecular formula is C8H7ClFNS. The maximum Gasteiger partial charge on any atom is 0.153 e. The molecule has 0 bridgehead atoms. The zero-order valence-corrected chi connectivity index (χ0v) is 7.75. The Morgan fingerprint density at radius 1 is 1.58 bits per heavy atom. The Labute approximate surface area is 79.4 Å². The van der Waals surface area contributed by atoms with Gasteiger partial charge in [0.1, 0.15) is 5.83 Å². The van der Waals surface area contributed by atoms with Gasteiger partial charge in [-0.2, -0.15) is 0 Å². The Kier molecular flexibility index (Phi) is 2.15. The summed E-state index contributed by atoms with van der Waals surface area (Å²) in [5.74, 6) is -0.113. The van der Waals surface area contributed by atoms with Crippen molar-refractivity contribution in [2.24, 2.45) is 0 Å². The Bertz CT molecular complexity index is 295. The summed E-state index contributed by atoms with van der Waals surface area (Å²) >= 11 is 7.34. The number of nitrogens with one attached hydrogen (secondary N) is 1. The van der Waals surface area contributed by atoms with E-state index < -0.39 is 0 Å². The van der Waals surface area contributed by atoms with E-state index >= 15 is 0 Å². The largest absolute Gasteiger partial charge is 0.360 e. The third kappa shape index (κ3) is 1.52. The minimum Gasteiger partial charge on any atom is -0.360 e. The van der Waals surface area contributed by atoms with Crippen molar-refractivity contribution in [2.75, 3.05) is 0 Å². The van der Waals surface area contributed by atoms with Crippen LogP contribution in [0.2, 0.25) is 0 Å². The van der Waals surface area contributed by atoms with Gasteiger partial charge in [0.25, 0.3) is 0 Å². The molecule has 1 nitrogen and oxygen atoms in total. The second-order valence-electron chi connectivity index (χ2n) is 2.54. The Morgan fingerprint density at radius 2 is 2.42 bits per heavy atom. The van der Waals surface area contributed by atoms with Crippen molar-refractivity contribution in [1.29, 1.82) is 0 Å². The summed E-state index contributed by atoms with van der Waals surface area (Å²) in [6.07, 6.45) is 5.42. The summed E-state index contributed by atoms with van der Waals surface area (Å²) in [4.78, 5) is 0.927. The molecule has 0 aromatic carbocycles. The third-order valence-corrected chi connectivity index (χ3v) is 3.02. The maximum absolute atomic E-state index is 12.7. The van der Waals surface area contributed by atoms with Crippen LogP contribution < -0.4 is 5.32 Å². The third-order valence-electron chi connectivity index (χ3n) is 1.68. The van der Waals surface area contributed by atoms with Gasteiger partial charge in [-0.1, -0.05) is 29.4 Å². The van der Waals surface area contributed by atoms with E-state index in [0.717, 1.165) is 10.6 Å². The van der Waals surface area contributed by atoms with Crippen LogP contribution in [0.3, 0.4) is 0 Å². The van der Waals surface area contributed by atoms with Crippen LogP contribution in [0.5, 0.6) is 0 Å². The van der Waals surface area contributed by atoms with Gasteiger partial charge in [-0.25, -0.2) is 4.39 Å². The first-order valence-corrected chi connectivity index (χ1v) is 4.91. The topological polar surface area (TPSA) is 12.0 Å². The van der Waals surface area contributed by atoms with Crippen molar-refractivity contribution >= 4 is 23.4 Å². The highest BCUT2D eigenvalue weighted by molar-refractivity contribution is 8.05. The molecule has 2 rings (SSSR count). The van der Waals surface area contributed by atoms with Crippen LogP contribution in [0.4, 0.5) is 4.39 Å². The lowest BCUT2D eigenvalue weighted by molar-refractivity contribution is 0.618. The zero-order valence-electron chi connectivity index (χ0n) is 6.18. The van der Waals surface area contributed by atoms with Crippen LogP contribution >= 0.6 is 23.4 Å². The molecule has 4 heteroatoms. The lowest BCUT2D eigenvalue weighted by Gasteiger charge is -1.96. The molecule has 1 aliphatic carbocycles. The van der Waals surface area contributed by atoms with Gasteiger partial charge in [0.2, 0.25) is 0 Å². The van der Waals surface area contributed by atoms with Gasteiger partial charge in [-0.3, -0.25) is 0 Å². The molecule has 0 amide bonds. The van der Waals surface area contributed by atoms with Crippen molar-refractivity contribution in [3.63, 3.8) is 0 Å². The lowest BCUT2D eigenvalue weighted by atomic mass is 10.3. The number of fused-ring (bicyclic) bond motifs is 1. The van der Waals surface area contributed by atoms with Gasteiger partial charge in [0, 0.05) is 17.0 Å². The molecule has 0 aromatic rings. The number of alkyl halides is 1. The predicted molar refractivity (Wildman–Crippen MR) is 50.3 cm³/mol. The molecular weight excluding hydrogens is 197 g/mol. The Hall–Kier alpha value is -0.410. The van der Waals surface area contributed by atoms with Crippen LogP contribution in [0.15, 0.2) is 34.7 Å². The van der Waals surface area contributed by atoms with Gasteiger partial charge in [-0.15, -0.1) is 0 Å². The molecule has 0 aromatic heterocycles. The maximum atomic E-state index is 12.7. The Balaban J connectivity index is 2.30. The van der Waals surface area contributed by atoms with Crippen LogP contribution in [0.25, 0.3) is 0 Å². The van der Waals surface area contributed by atoms with Gasteiger partial charge in [-0.05, 0) is 12.2 Å². The van der Waals surface area contributed by atoms with Gasteiger partial charge in [0.05, 0.1) is 0 Å². The van der Waals surface area contributed by atoms with Crippen LogP contribution in [0.1, 0.15) is 6.42 Å². The second kappa shape index (κ2) is 3.15. The molecule has 64 valence electrons. The highest BCUT2D eigenvalue weighted by atomic mass is 35.5. The van der Waals surface area contributed by atoms with Crippen LogP contribution in [-0.2, 0) is 0 Å². The quantitative estimate of drug-likeness (QED) is 0.480. The monoisotopic (exact) mass is 203 g/mol. The fraction of sp³-hybridized carbons (Fsp3) is 0.250. The fourth-order valence-electron chi connectivity index (χ4n) is 1.12. The molecule has 12 heavy (non-hydrogen) atoms. The van der Waals surface area contributed by atoms with E-state index in [-0.39, 0.29) is 10.7 Å². The molecule has 0 spiro atoms. The minimum atomic E-state index is -0.114. The van der Waals surface area contributed by atoms with E-state index in [1.807, 2.05) is 6.08 Å². The minimum absolute atomic E-state index is 0.113. The molecule has 2 aliphatic rings. The van der Waals surface area contributed by atoms with Gasteiger partial charge >= 0.3 is 0 Å². The molecule has 1 saturated heterocycles. The number of allylic oxidation sites excluding steroid dienone is 4. The standard InChI is InChI=1S/C8H7ClFNS/c9-8-11-6-3-1-5(10)2-4-7(6)12-8/h1,3-4,8,11H,2H2. The average Bonchev–Trinajstić information content (AvgIpc) is 2.31. The highest BCUT2D eigenvalue weighted by Crippen LogP contribution is 2.37. The first kappa shape index (κ1) is 8.20. The first-order chi connectivity index (χ1) is 5.75. The summed E-state index contributed by atoms with van der Waals surface area (Å²) in [5, 5.41) is 3.03. The zero-order chi connectivity index (χ0) is 8.55. The highest BCUT2D eigenvalue weighted by Gasteiger charge is 2.22. The SMILES string of the molecule is FC1=CC=C2NC(Cl)SC2=CC1. The van der Waals surface area contributed by atoms with Crippen LogP contribution in [-0.4, -0.2) is 4.83 Å². The van der Waals surface area contributed by atoms with E-state index in [1.165, 1.54) is 17.8 Å². The van der Waals surface area contributed by atoms with Crippen molar-refractivity contribution in [3.8, 4) is 0 Å². The molecule has 1 heterocycles. The number of thioether (sulfide) groups is 1. The molecule has 1 unspecified atom stereocenters. The summed E-state index contributed by atoms with van der Waals surface area (Å²) in [7, 11) is 0. The molecule has 0 radical (unpaired) electrons. The summed E-state index contributed by atoms with van der Waals surface area (Å²) in [6, 6.07) is 0. The average molecular weight is 204 g/mol. The molecule has 1 N–H and O–H groups in total. The number of hydrogen-bond donors (Lipinski definition) is 1. The summed E-state index contributed by atoms with van der Waals surface area (Å²) in [5.41, 5.74) is 0.924. The second-order valence-corrected chi connectivity index (χ2v) is 4.39. The molecule has 1 aliphatic heterocycles. The molecule has 0 saturated carbocycles.